The van der Waals surface area contributed by atoms with E-state index < -0.39 is 0 Å². The second-order valence-electron chi connectivity index (χ2n) is 4.96. The molecule has 108 valence electrons. The van der Waals surface area contributed by atoms with Gasteiger partial charge in [-0.15, -0.1) is 5.10 Å². The Morgan fingerprint density at radius 2 is 2.20 bits per heavy atom. The van der Waals surface area contributed by atoms with Crippen LogP contribution in [0, 0.1) is 5.82 Å². The van der Waals surface area contributed by atoms with E-state index in [4.69, 9.17) is 4.74 Å². The number of aryl methyl sites for hydroxylation is 1. The Balaban J connectivity index is 2.05. The van der Waals surface area contributed by atoms with Gasteiger partial charge in [0.2, 0.25) is 0 Å². The lowest BCUT2D eigenvalue weighted by Gasteiger charge is -2.13. The van der Waals surface area contributed by atoms with E-state index in [1.54, 1.807) is 24.0 Å². The van der Waals surface area contributed by atoms with E-state index in [0.717, 1.165) is 11.3 Å². The minimum atomic E-state index is -0.266. The monoisotopic (exact) mass is 278 g/mol. The normalized spacial score (nSPS) is 11.1. The largest absolute Gasteiger partial charge is 0.487 e. The van der Waals surface area contributed by atoms with Crippen molar-refractivity contribution in [2.75, 3.05) is 0 Å². The predicted molar refractivity (Wildman–Crippen MR) is 73.7 cm³/mol. The van der Waals surface area contributed by atoms with Crippen LogP contribution in [0.5, 0.6) is 5.75 Å². The van der Waals surface area contributed by atoms with Gasteiger partial charge in [-0.2, -0.15) is 0 Å². The average molecular weight is 278 g/mol. The van der Waals surface area contributed by atoms with Gasteiger partial charge in [0.15, 0.2) is 0 Å². The maximum absolute atomic E-state index is 13.3. The zero-order chi connectivity index (χ0) is 14.5. The summed E-state index contributed by atoms with van der Waals surface area (Å²) < 4.78 is 20.6. The van der Waals surface area contributed by atoms with Crippen LogP contribution < -0.4 is 10.1 Å². The minimum absolute atomic E-state index is 0.266. The van der Waals surface area contributed by atoms with Crippen LogP contribution in [0.3, 0.4) is 0 Å². The number of aromatic nitrogens is 3. The molecule has 2 aromatic rings. The molecule has 2 rings (SSSR count). The number of nitrogens with one attached hydrogen (secondary N) is 1. The zero-order valence-electron chi connectivity index (χ0n) is 11.9. The summed E-state index contributed by atoms with van der Waals surface area (Å²) in [7, 11) is 1.80. The van der Waals surface area contributed by atoms with Crippen LogP contribution in [0.25, 0.3) is 0 Å². The summed E-state index contributed by atoms with van der Waals surface area (Å²) >= 11 is 0. The zero-order valence-corrected chi connectivity index (χ0v) is 11.9. The van der Waals surface area contributed by atoms with Gasteiger partial charge in [0.1, 0.15) is 23.9 Å². The Kier molecular flexibility index (Phi) is 4.68. The number of hydrogen-bond donors (Lipinski definition) is 1. The summed E-state index contributed by atoms with van der Waals surface area (Å²) in [5.74, 6) is 0.391. The lowest BCUT2D eigenvalue weighted by atomic mass is 10.2. The van der Waals surface area contributed by atoms with Crippen LogP contribution in [0.15, 0.2) is 24.4 Å². The molecule has 0 bridgehead atoms. The summed E-state index contributed by atoms with van der Waals surface area (Å²) in [4.78, 5) is 0. The van der Waals surface area contributed by atoms with Gasteiger partial charge in [0.05, 0.1) is 6.20 Å². The molecule has 0 amide bonds. The molecule has 0 aliphatic rings. The maximum Gasteiger partial charge on any atom is 0.134 e. The number of hydrogen-bond acceptors (Lipinski definition) is 4. The molecule has 1 heterocycles. The average Bonchev–Trinajstić information content (AvgIpc) is 2.81. The molecule has 1 aromatic carbocycles. The lowest BCUT2D eigenvalue weighted by Crippen LogP contribution is -2.22. The predicted octanol–water partition coefficient (Wildman–Crippen LogP) is 2.03. The molecule has 1 aromatic heterocycles. The van der Waals surface area contributed by atoms with Crippen LogP contribution >= 0.6 is 0 Å². The molecule has 0 saturated carbocycles. The van der Waals surface area contributed by atoms with Crippen LogP contribution in [-0.4, -0.2) is 21.0 Å². The molecular formula is C14H19FN4O. The van der Waals surface area contributed by atoms with E-state index in [1.807, 2.05) is 13.8 Å². The van der Waals surface area contributed by atoms with Gasteiger partial charge < -0.3 is 10.1 Å². The first kappa shape index (κ1) is 14.5. The third-order valence-corrected chi connectivity index (χ3v) is 2.75. The van der Waals surface area contributed by atoms with Gasteiger partial charge in [-0.25, -0.2) is 4.39 Å². The van der Waals surface area contributed by atoms with Crippen molar-refractivity contribution in [2.24, 2.45) is 7.05 Å². The van der Waals surface area contributed by atoms with Gasteiger partial charge >= 0.3 is 0 Å². The number of benzene rings is 1. The first-order valence-electron chi connectivity index (χ1n) is 6.54. The SMILES string of the molecule is CC(C)NCc1cc(F)ccc1OCc1cn(C)nn1. The second-order valence-corrected chi connectivity index (χ2v) is 4.96. The molecule has 0 spiro atoms. The van der Waals surface area contributed by atoms with Crippen molar-refractivity contribution in [1.82, 2.24) is 20.3 Å². The molecule has 20 heavy (non-hydrogen) atoms. The van der Waals surface area contributed by atoms with Crippen LogP contribution in [-0.2, 0) is 20.2 Å². The van der Waals surface area contributed by atoms with Crippen molar-refractivity contribution >= 4 is 0 Å². The quantitative estimate of drug-likeness (QED) is 0.878. The Hall–Kier alpha value is -1.95. The van der Waals surface area contributed by atoms with Gasteiger partial charge in [0, 0.05) is 25.2 Å². The first-order valence-corrected chi connectivity index (χ1v) is 6.54. The molecule has 0 atom stereocenters. The highest BCUT2D eigenvalue weighted by Crippen LogP contribution is 2.20. The standard InChI is InChI=1S/C14H19FN4O/c1-10(2)16-7-11-6-12(15)4-5-14(11)20-9-13-8-19(3)18-17-13/h4-6,8,10,16H,7,9H2,1-3H3. The van der Waals surface area contributed by atoms with Crippen molar-refractivity contribution in [2.45, 2.75) is 33.0 Å². The Labute approximate surface area is 117 Å². The van der Waals surface area contributed by atoms with E-state index in [9.17, 15) is 4.39 Å². The van der Waals surface area contributed by atoms with Gasteiger partial charge in [0.25, 0.3) is 0 Å². The van der Waals surface area contributed by atoms with Crippen molar-refractivity contribution in [3.63, 3.8) is 0 Å². The van der Waals surface area contributed by atoms with Crippen molar-refractivity contribution < 1.29 is 9.13 Å². The minimum Gasteiger partial charge on any atom is -0.487 e. The number of ether oxygens (including phenoxy) is 1. The number of nitrogens with zero attached hydrogens (tertiary/aromatic N) is 3. The number of halogens is 1. The fraction of sp³-hybridized carbons (Fsp3) is 0.429. The van der Waals surface area contributed by atoms with E-state index in [0.29, 0.717) is 24.9 Å². The Morgan fingerprint density at radius 1 is 1.40 bits per heavy atom. The Morgan fingerprint density at radius 3 is 2.85 bits per heavy atom. The highest BCUT2D eigenvalue weighted by Gasteiger charge is 2.08. The Bertz CT molecular complexity index is 568. The van der Waals surface area contributed by atoms with Crippen molar-refractivity contribution in [3.8, 4) is 5.75 Å². The van der Waals surface area contributed by atoms with Crippen molar-refractivity contribution in [1.29, 1.82) is 0 Å². The molecule has 0 radical (unpaired) electrons. The summed E-state index contributed by atoms with van der Waals surface area (Å²) in [5, 5.41) is 11.0. The van der Waals surface area contributed by atoms with E-state index in [1.165, 1.54) is 12.1 Å². The fourth-order valence-electron chi connectivity index (χ4n) is 1.75. The smallest absolute Gasteiger partial charge is 0.134 e. The third kappa shape index (κ3) is 4.03. The molecular weight excluding hydrogens is 259 g/mol. The van der Waals surface area contributed by atoms with Crippen molar-refractivity contribution in [3.05, 3.63) is 41.5 Å². The molecule has 0 fully saturated rings. The molecule has 6 heteroatoms. The molecule has 0 unspecified atom stereocenters. The summed E-state index contributed by atoms with van der Waals surface area (Å²) in [6.07, 6.45) is 1.79. The molecule has 1 N–H and O–H groups in total. The van der Waals surface area contributed by atoms with Crippen LogP contribution in [0.4, 0.5) is 4.39 Å². The van der Waals surface area contributed by atoms with Gasteiger partial charge in [-0.3, -0.25) is 4.68 Å². The highest BCUT2D eigenvalue weighted by atomic mass is 19.1. The van der Waals surface area contributed by atoms with E-state index in [-0.39, 0.29) is 5.82 Å². The number of rotatable bonds is 6. The lowest BCUT2D eigenvalue weighted by molar-refractivity contribution is 0.296. The molecule has 0 aliphatic carbocycles. The summed E-state index contributed by atoms with van der Waals surface area (Å²) in [5.41, 5.74) is 1.53. The molecule has 5 nitrogen and oxygen atoms in total. The second kappa shape index (κ2) is 6.47. The van der Waals surface area contributed by atoms with E-state index >= 15 is 0 Å². The third-order valence-electron chi connectivity index (χ3n) is 2.75. The van der Waals surface area contributed by atoms with Crippen LogP contribution in [0.2, 0.25) is 0 Å². The maximum atomic E-state index is 13.3. The van der Waals surface area contributed by atoms with E-state index in [2.05, 4.69) is 15.6 Å². The summed E-state index contributed by atoms with van der Waals surface area (Å²) in [6.45, 7) is 4.96. The van der Waals surface area contributed by atoms with Crippen LogP contribution in [0.1, 0.15) is 25.1 Å². The first-order chi connectivity index (χ1) is 9.54. The van der Waals surface area contributed by atoms with Gasteiger partial charge in [-0.05, 0) is 18.2 Å². The van der Waals surface area contributed by atoms with Gasteiger partial charge in [-0.1, -0.05) is 19.1 Å². The fourth-order valence-corrected chi connectivity index (χ4v) is 1.75. The highest BCUT2D eigenvalue weighted by molar-refractivity contribution is 5.34. The summed E-state index contributed by atoms with van der Waals surface area (Å²) in [6, 6.07) is 4.85. The molecule has 0 saturated heterocycles. The topological polar surface area (TPSA) is 52.0 Å². The molecule has 0 aliphatic heterocycles.